The molecule has 0 aromatic rings. The summed E-state index contributed by atoms with van der Waals surface area (Å²) in [5.74, 6) is 0. The van der Waals surface area contributed by atoms with Crippen LogP contribution in [0, 0.1) is 10.8 Å². The van der Waals surface area contributed by atoms with Crippen molar-refractivity contribution in [2.24, 2.45) is 10.8 Å². The molecule has 2 N–H and O–H groups in total. The van der Waals surface area contributed by atoms with Gasteiger partial charge >= 0.3 is 0 Å². The lowest BCUT2D eigenvalue weighted by Gasteiger charge is -2.29. The number of aliphatic hydroxyl groups is 1. The summed E-state index contributed by atoms with van der Waals surface area (Å²) in [7, 11) is 0. The number of hydrogen-bond acceptors (Lipinski definition) is 3. The van der Waals surface area contributed by atoms with E-state index >= 15 is 0 Å². The van der Waals surface area contributed by atoms with E-state index in [2.05, 4.69) is 26.1 Å². The fraction of sp³-hybridized carbons (Fsp3) is 1.00. The largest absolute Gasteiger partial charge is 0.396 e. The summed E-state index contributed by atoms with van der Waals surface area (Å²) in [4.78, 5) is 0. The van der Waals surface area contributed by atoms with E-state index in [4.69, 9.17) is 9.84 Å². The summed E-state index contributed by atoms with van der Waals surface area (Å²) in [6.45, 7) is 10.6. The molecule has 1 heterocycles. The zero-order chi connectivity index (χ0) is 11.4. The molecule has 0 aliphatic carbocycles. The number of nitrogens with one attached hydrogen (secondary N) is 1. The molecule has 0 aromatic heterocycles. The molecule has 1 rings (SSSR count). The van der Waals surface area contributed by atoms with E-state index in [0.29, 0.717) is 5.41 Å². The Morgan fingerprint density at radius 3 is 2.60 bits per heavy atom. The van der Waals surface area contributed by atoms with E-state index in [9.17, 15) is 0 Å². The van der Waals surface area contributed by atoms with E-state index in [1.54, 1.807) is 0 Å². The molecule has 3 nitrogen and oxygen atoms in total. The molecule has 0 radical (unpaired) electrons. The van der Waals surface area contributed by atoms with Gasteiger partial charge in [-0.3, -0.25) is 0 Å². The number of rotatable bonds is 5. The molecular weight excluding hydrogens is 190 g/mol. The monoisotopic (exact) mass is 215 g/mol. The molecule has 1 aliphatic heterocycles. The van der Waals surface area contributed by atoms with E-state index in [1.165, 1.54) is 0 Å². The van der Waals surface area contributed by atoms with Gasteiger partial charge in [-0.2, -0.15) is 0 Å². The van der Waals surface area contributed by atoms with E-state index in [1.807, 2.05) is 0 Å². The van der Waals surface area contributed by atoms with Crippen molar-refractivity contribution in [3.63, 3.8) is 0 Å². The van der Waals surface area contributed by atoms with Crippen molar-refractivity contribution in [2.75, 3.05) is 32.9 Å². The van der Waals surface area contributed by atoms with Gasteiger partial charge < -0.3 is 15.2 Å². The van der Waals surface area contributed by atoms with Gasteiger partial charge in [0.05, 0.1) is 6.61 Å². The highest BCUT2D eigenvalue weighted by Gasteiger charge is 2.34. The lowest BCUT2D eigenvalue weighted by molar-refractivity contribution is 0.122. The predicted octanol–water partition coefficient (Wildman–Crippen LogP) is 1.41. The van der Waals surface area contributed by atoms with Crippen LogP contribution in [-0.4, -0.2) is 38.0 Å². The molecule has 0 spiro atoms. The Morgan fingerprint density at radius 2 is 2.13 bits per heavy atom. The number of aliphatic hydroxyl groups excluding tert-OH is 1. The summed E-state index contributed by atoms with van der Waals surface area (Å²) in [5, 5.41) is 12.6. The van der Waals surface area contributed by atoms with Crippen molar-refractivity contribution in [3.8, 4) is 0 Å². The maximum atomic E-state index is 9.07. The standard InChI is InChI=1S/C12H25NO2/c1-11(2,3)8-13-9-12(4-6-14)5-7-15-10-12/h13-14H,4-10H2,1-3H3. The van der Waals surface area contributed by atoms with Crippen LogP contribution in [0.15, 0.2) is 0 Å². The Morgan fingerprint density at radius 1 is 1.40 bits per heavy atom. The zero-order valence-electron chi connectivity index (χ0n) is 10.3. The highest BCUT2D eigenvalue weighted by atomic mass is 16.5. The zero-order valence-corrected chi connectivity index (χ0v) is 10.3. The molecule has 1 saturated heterocycles. The minimum Gasteiger partial charge on any atom is -0.396 e. The SMILES string of the molecule is CC(C)(C)CNCC1(CCO)CCOC1. The fourth-order valence-corrected chi connectivity index (χ4v) is 2.01. The highest BCUT2D eigenvalue weighted by molar-refractivity contribution is 4.85. The molecule has 90 valence electrons. The fourth-order valence-electron chi connectivity index (χ4n) is 2.01. The molecular formula is C12H25NO2. The molecule has 1 unspecified atom stereocenters. The molecule has 1 atom stereocenters. The van der Waals surface area contributed by atoms with Crippen molar-refractivity contribution in [3.05, 3.63) is 0 Å². The van der Waals surface area contributed by atoms with Crippen LogP contribution >= 0.6 is 0 Å². The quantitative estimate of drug-likeness (QED) is 0.728. The van der Waals surface area contributed by atoms with Gasteiger partial charge in [-0.05, 0) is 18.3 Å². The van der Waals surface area contributed by atoms with E-state index in [0.717, 1.165) is 39.1 Å². The Hall–Kier alpha value is -0.120. The topological polar surface area (TPSA) is 41.5 Å². The molecule has 1 fully saturated rings. The first kappa shape index (κ1) is 12.9. The molecule has 0 saturated carbocycles. The average molecular weight is 215 g/mol. The summed E-state index contributed by atoms with van der Waals surface area (Å²) < 4.78 is 5.44. The molecule has 1 aliphatic rings. The van der Waals surface area contributed by atoms with Crippen LogP contribution in [0.5, 0.6) is 0 Å². The third-order valence-electron chi connectivity index (χ3n) is 2.98. The summed E-state index contributed by atoms with van der Waals surface area (Å²) in [6, 6.07) is 0. The van der Waals surface area contributed by atoms with Gasteiger partial charge in [0.25, 0.3) is 0 Å². The van der Waals surface area contributed by atoms with Crippen LogP contribution < -0.4 is 5.32 Å². The Balaban J connectivity index is 2.32. The Bertz CT molecular complexity index is 181. The molecule has 0 amide bonds. The second-order valence-electron chi connectivity index (χ2n) is 5.94. The minimum absolute atomic E-state index is 0.181. The van der Waals surface area contributed by atoms with Crippen LogP contribution in [0.25, 0.3) is 0 Å². The normalized spacial score (nSPS) is 27.2. The lowest BCUT2D eigenvalue weighted by Crippen LogP contribution is -2.39. The van der Waals surface area contributed by atoms with Gasteiger partial charge in [0.2, 0.25) is 0 Å². The van der Waals surface area contributed by atoms with Crippen LogP contribution in [0.3, 0.4) is 0 Å². The third-order valence-corrected chi connectivity index (χ3v) is 2.98. The summed E-state index contributed by atoms with van der Waals surface area (Å²) in [6.07, 6.45) is 1.93. The lowest BCUT2D eigenvalue weighted by atomic mass is 9.83. The van der Waals surface area contributed by atoms with E-state index < -0.39 is 0 Å². The molecule has 3 heteroatoms. The van der Waals surface area contributed by atoms with Crippen molar-refractivity contribution in [1.29, 1.82) is 0 Å². The van der Waals surface area contributed by atoms with Crippen molar-refractivity contribution in [1.82, 2.24) is 5.32 Å². The second-order valence-corrected chi connectivity index (χ2v) is 5.94. The first-order valence-corrected chi connectivity index (χ1v) is 5.87. The van der Waals surface area contributed by atoms with Crippen LogP contribution in [-0.2, 0) is 4.74 Å². The predicted molar refractivity (Wildman–Crippen MR) is 61.9 cm³/mol. The van der Waals surface area contributed by atoms with E-state index in [-0.39, 0.29) is 12.0 Å². The molecule has 0 bridgehead atoms. The maximum absolute atomic E-state index is 9.07. The van der Waals surface area contributed by atoms with Crippen molar-refractivity contribution >= 4 is 0 Å². The van der Waals surface area contributed by atoms with Gasteiger partial charge in [-0.15, -0.1) is 0 Å². The van der Waals surface area contributed by atoms with Gasteiger partial charge in [0.1, 0.15) is 0 Å². The van der Waals surface area contributed by atoms with Crippen LogP contribution in [0.4, 0.5) is 0 Å². The smallest absolute Gasteiger partial charge is 0.0536 e. The van der Waals surface area contributed by atoms with Crippen molar-refractivity contribution < 1.29 is 9.84 Å². The van der Waals surface area contributed by atoms with Crippen molar-refractivity contribution in [2.45, 2.75) is 33.6 Å². The summed E-state index contributed by atoms with van der Waals surface area (Å²) >= 11 is 0. The third kappa shape index (κ3) is 4.49. The Labute approximate surface area is 93.2 Å². The number of ether oxygens (including phenoxy) is 1. The minimum atomic E-state index is 0.181. The second kappa shape index (κ2) is 5.28. The highest BCUT2D eigenvalue weighted by Crippen LogP contribution is 2.31. The van der Waals surface area contributed by atoms with Gasteiger partial charge in [0.15, 0.2) is 0 Å². The summed E-state index contributed by atoms with van der Waals surface area (Å²) in [5.41, 5.74) is 0.500. The first-order valence-electron chi connectivity index (χ1n) is 5.87. The Kier molecular flexibility index (Phi) is 4.56. The van der Waals surface area contributed by atoms with Crippen LogP contribution in [0.1, 0.15) is 33.6 Å². The molecule has 0 aromatic carbocycles. The van der Waals surface area contributed by atoms with Gasteiger partial charge in [0, 0.05) is 31.7 Å². The maximum Gasteiger partial charge on any atom is 0.0536 e. The molecule has 15 heavy (non-hydrogen) atoms. The van der Waals surface area contributed by atoms with Gasteiger partial charge in [-0.1, -0.05) is 20.8 Å². The average Bonchev–Trinajstić information content (AvgIpc) is 2.52. The first-order chi connectivity index (χ1) is 6.97. The van der Waals surface area contributed by atoms with Gasteiger partial charge in [-0.25, -0.2) is 0 Å². The number of hydrogen-bond donors (Lipinski definition) is 2. The van der Waals surface area contributed by atoms with Crippen LogP contribution in [0.2, 0.25) is 0 Å².